The Labute approximate surface area is 204 Å². The topological polar surface area (TPSA) is 99.2 Å². The monoisotopic (exact) mass is 493 g/mol. The minimum atomic E-state index is -3.91. The number of nitrogens with zero attached hydrogens (tertiary/aromatic N) is 2. The molecule has 0 radical (unpaired) electrons. The lowest BCUT2D eigenvalue weighted by molar-refractivity contribution is 0.0809. The predicted octanol–water partition coefficient (Wildman–Crippen LogP) is 2.90. The molecular weight excluding hydrogens is 454 g/mol. The quantitative estimate of drug-likeness (QED) is 0.594. The molecule has 190 valence electrons. The maximum Gasteiger partial charge on any atom is 0.317 e. The summed E-state index contributed by atoms with van der Waals surface area (Å²) in [5, 5.41) is 12.6. The van der Waals surface area contributed by atoms with Gasteiger partial charge in [-0.05, 0) is 44.9 Å². The number of nitrogens with one attached hydrogen (secondary N) is 1. The van der Waals surface area contributed by atoms with Gasteiger partial charge in [-0.3, -0.25) is 0 Å². The van der Waals surface area contributed by atoms with Crippen molar-refractivity contribution in [1.82, 2.24) is 14.5 Å². The first-order valence-electron chi connectivity index (χ1n) is 11.8. The van der Waals surface area contributed by atoms with Gasteiger partial charge >= 0.3 is 6.03 Å². The molecule has 2 amide bonds. The number of aliphatic hydroxyl groups excluding tert-OH is 1. The number of rotatable bonds is 6. The van der Waals surface area contributed by atoms with Crippen molar-refractivity contribution in [1.29, 1.82) is 0 Å². The molecule has 0 bridgehead atoms. The molecule has 1 aliphatic heterocycles. The van der Waals surface area contributed by atoms with Crippen molar-refractivity contribution in [2.45, 2.75) is 71.0 Å². The minimum Gasteiger partial charge on any atom is -0.487 e. The van der Waals surface area contributed by atoms with Gasteiger partial charge in [0, 0.05) is 43.6 Å². The zero-order valence-corrected chi connectivity index (χ0v) is 22.1. The third-order valence-electron chi connectivity index (χ3n) is 5.62. The Morgan fingerprint density at radius 1 is 1.29 bits per heavy atom. The lowest BCUT2D eigenvalue weighted by Crippen LogP contribution is -2.51. The van der Waals surface area contributed by atoms with Crippen LogP contribution in [0.15, 0.2) is 23.1 Å². The Morgan fingerprint density at radius 2 is 1.97 bits per heavy atom. The fraction of sp³-hybridized carbons (Fsp3) is 0.640. The molecule has 0 saturated heterocycles. The van der Waals surface area contributed by atoms with E-state index in [1.165, 1.54) is 10.4 Å². The molecule has 0 saturated carbocycles. The van der Waals surface area contributed by atoms with Gasteiger partial charge in [0.1, 0.15) is 16.7 Å². The average molecular weight is 494 g/mol. The number of hydrogen-bond donors (Lipinski definition) is 2. The van der Waals surface area contributed by atoms with Gasteiger partial charge in [-0.1, -0.05) is 32.6 Å². The summed E-state index contributed by atoms with van der Waals surface area (Å²) >= 11 is 0. The largest absolute Gasteiger partial charge is 0.487 e. The summed E-state index contributed by atoms with van der Waals surface area (Å²) in [5.41, 5.74) is 0.661. The standard InChI is InChI=1S/C25H39N3O5S/c1-17(2)9-8-10-21-11-12-24-22(13-21)33-23(15-27(7)25(30)26-18(3)4)19(5)14-28(20(6)16-29)34(24,31)32/h11-13,17-20,23,29H,9,14-16H2,1-7H3,(H,26,30)/t19-,20+,23+/m1/s1. The van der Waals surface area contributed by atoms with Crippen LogP contribution < -0.4 is 10.1 Å². The number of hydrogen-bond acceptors (Lipinski definition) is 5. The highest BCUT2D eigenvalue weighted by Gasteiger charge is 2.38. The number of sulfonamides is 1. The SMILES string of the molecule is CC(C)CC#Cc1ccc2c(c1)O[C@@H](CN(C)C(=O)NC(C)C)[C@H](C)CN([C@@H](C)CO)S2(=O)=O. The third kappa shape index (κ3) is 7.11. The maximum absolute atomic E-state index is 13.5. The molecule has 0 fully saturated rings. The van der Waals surface area contributed by atoms with Crippen LogP contribution in [0.2, 0.25) is 0 Å². The first kappa shape index (κ1) is 28.0. The predicted molar refractivity (Wildman–Crippen MR) is 133 cm³/mol. The summed E-state index contributed by atoms with van der Waals surface area (Å²) in [4.78, 5) is 14.1. The Morgan fingerprint density at radius 3 is 2.56 bits per heavy atom. The molecule has 0 spiro atoms. The molecule has 3 atom stereocenters. The molecule has 0 aliphatic carbocycles. The zero-order valence-electron chi connectivity index (χ0n) is 21.3. The van der Waals surface area contributed by atoms with E-state index in [-0.39, 0.29) is 48.3 Å². The van der Waals surface area contributed by atoms with Crippen LogP contribution in [0.4, 0.5) is 4.79 Å². The molecule has 8 nitrogen and oxygen atoms in total. The fourth-order valence-corrected chi connectivity index (χ4v) is 5.41. The van der Waals surface area contributed by atoms with E-state index in [2.05, 4.69) is 31.0 Å². The molecule has 9 heteroatoms. The molecule has 1 heterocycles. The van der Waals surface area contributed by atoms with E-state index in [4.69, 9.17) is 4.74 Å². The third-order valence-corrected chi connectivity index (χ3v) is 7.64. The van der Waals surface area contributed by atoms with Crippen LogP contribution in [-0.2, 0) is 10.0 Å². The van der Waals surface area contributed by atoms with Crippen molar-refractivity contribution in [2.75, 3.05) is 26.7 Å². The molecule has 34 heavy (non-hydrogen) atoms. The Bertz CT molecular complexity index is 1010. The van der Waals surface area contributed by atoms with Gasteiger partial charge in [-0.25, -0.2) is 13.2 Å². The summed E-state index contributed by atoms with van der Waals surface area (Å²) in [6.07, 6.45) is 0.261. The summed E-state index contributed by atoms with van der Waals surface area (Å²) in [7, 11) is -2.23. The number of carbonyl (C=O) groups is 1. The Balaban J connectivity index is 2.50. The summed E-state index contributed by atoms with van der Waals surface area (Å²) < 4.78 is 34.6. The lowest BCUT2D eigenvalue weighted by Gasteiger charge is -2.37. The van der Waals surface area contributed by atoms with E-state index in [0.29, 0.717) is 11.5 Å². The van der Waals surface area contributed by atoms with Crippen molar-refractivity contribution in [2.24, 2.45) is 11.8 Å². The number of benzene rings is 1. The Kier molecular flexibility index (Phi) is 9.80. The number of fused-ring (bicyclic) bond motifs is 1. The number of urea groups is 1. The van der Waals surface area contributed by atoms with Crippen LogP contribution in [-0.4, -0.2) is 73.7 Å². The second-order valence-corrected chi connectivity index (χ2v) is 11.6. The van der Waals surface area contributed by atoms with Gasteiger partial charge in [0.2, 0.25) is 10.0 Å². The fourth-order valence-electron chi connectivity index (χ4n) is 3.59. The number of aliphatic hydroxyl groups is 1. The summed E-state index contributed by atoms with van der Waals surface area (Å²) in [5.74, 6) is 6.60. The summed E-state index contributed by atoms with van der Waals surface area (Å²) in [6.45, 7) is 11.6. The number of amides is 2. The van der Waals surface area contributed by atoms with Crippen molar-refractivity contribution in [3.63, 3.8) is 0 Å². The van der Waals surface area contributed by atoms with E-state index >= 15 is 0 Å². The highest BCUT2D eigenvalue weighted by molar-refractivity contribution is 7.89. The van der Waals surface area contributed by atoms with E-state index in [0.717, 1.165) is 6.42 Å². The molecular formula is C25H39N3O5S. The smallest absolute Gasteiger partial charge is 0.317 e. The zero-order chi connectivity index (χ0) is 25.6. The average Bonchev–Trinajstić information content (AvgIpc) is 2.74. The maximum atomic E-state index is 13.5. The van der Waals surface area contributed by atoms with Crippen molar-refractivity contribution < 1.29 is 23.1 Å². The molecule has 0 unspecified atom stereocenters. The van der Waals surface area contributed by atoms with Gasteiger partial charge in [-0.2, -0.15) is 4.31 Å². The van der Waals surface area contributed by atoms with Gasteiger partial charge in [0.05, 0.1) is 13.2 Å². The molecule has 1 aromatic rings. The molecule has 1 aliphatic rings. The van der Waals surface area contributed by atoms with Crippen LogP contribution in [0.5, 0.6) is 5.75 Å². The first-order valence-corrected chi connectivity index (χ1v) is 13.2. The van der Waals surface area contributed by atoms with E-state index < -0.39 is 22.2 Å². The normalized spacial score (nSPS) is 20.9. The van der Waals surface area contributed by atoms with Crippen molar-refractivity contribution in [3.05, 3.63) is 23.8 Å². The van der Waals surface area contributed by atoms with Crippen molar-refractivity contribution in [3.8, 4) is 17.6 Å². The highest BCUT2D eigenvalue weighted by Crippen LogP contribution is 2.34. The van der Waals surface area contributed by atoms with Gasteiger partial charge in [-0.15, -0.1) is 0 Å². The van der Waals surface area contributed by atoms with Crippen LogP contribution in [0.1, 0.15) is 53.5 Å². The molecule has 2 rings (SSSR count). The highest BCUT2D eigenvalue weighted by atomic mass is 32.2. The Hall–Kier alpha value is -2.28. The first-order chi connectivity index (χ1) is 15.9. The van der Waals surface area contributed by atoms with Gasteiger partial charge < -0.3 is 20.1 Å². The molecule has 1 aromatic carbocycles. The molecule has 2 N–H and O–H groups in total. The second-order valence-electron chi connectivity index (χ2n) is 9.79. The van der Waals surface area contributed by atoms with Crippen LogP contribution in [0.25, 0.3) is 0 Å². The molecule has 0 aromatic heterocycles. The lowest BCUT2D eigenvalue weighted by atomic mass is 10.0. The van der Waals surface area contributed by atoms with Crippen LogP contribution in [0.3, 0.4) is 0 Å². The number of carbonyl (C=O) groups excluding carboxylic acids is 1. The number of likely N-dealkylation sites (N-methyl/N-ethyl adjacent to an activating group) is 1. The van der Waals surface area contributed by atoms with Gasteiger partial charge in [0.25, 0.3) is 0 Å². The van der Waals surface area contributed by atoms with Crippen LogP contribution >= 0.6 is 0 Å². The van der Waals surface area contributed by atoms with Crippen LogP contribution in [0, 0.1) is 23.7 Å². The van der Waals surface area contributed by atoms with Gasteiger partial charge in [0.15, 0.2) is 0 Å². The van der Waals surface area contributed by atoms with E-state index in [9.17, 15) is 18.3 Å². The van der Waals surface area contributed by atoms with E-state index in [1.54, 1.807) is 31.0 Å². The second kappa shape index (κ2) is 11.9. The minimum absolute atomic E-state index is 0.00985. The number of ether oxygens (including phenoxy) is 1. The van der Waals surface area contributed by atoms with Crippen molar-refractivity contribution >= 4 is 16.1 Å². The van der Waals surface area contributed by atoms with E-state index in [1.807, 2.05) is 20.8 Å². The summed E-state index contributed by atoms with van der Waals surface area (Å²) in [6, 6.07) is 4.01.